The fraction of sp³-hybridized carbons (Fsp3) is 0.0909. The van der Waals surface area contributed by atoms with E-state index in [2.05, 4.69) is 0 Å². The van der Waals surface area contributed by atoms with E-state index in [1.165, 1.54) is 15.6 Å². The molecule has 3 nitrogen and oxygen atoms in total. The van der Waals surface area contributed by atoms with Crippen LogP contribution in [0.2, 0.25) is 0 Å². The lowest BCUT2D eigenvalue weighted by molar-refractivity contribution is 0.595. The summed E-state index contributed by atoms with van der Waals surface area (Å²) in [4.78, 5) is 0.337. The molecule has 0 aliphatic heterocycles. The Labute approximate surface area is 99.0 Å². The third kappa shape index (κ3) is 1.96. The quantitative estimate of drug-likeness (QED) is 0.843. The van der Waals surface area contributed by atoms with Gasteiger partial charge >= 0.3 is 0 Å². The van der Waals surface area contributed by atoms with Crippen molar-refractivity contribution in [3.63, 3.8) is 0 Å². The molecule has 1 aromatic carbocycles. The molecule has 2 aromatic rings. The number of thiophene rings is 1. The normalized spacial score (nSPS) is 11.3. The molecule has 5 heteroatoms. The fourth-order valence-corrected chi connectivity index (χ4v) is 3.54. The summed E-state index contributed by atoms with van der Waals surface area (Å²) in [6, 6.07) is 10.6. The van der Waals surface area contributed by atoms with Crippen LogP contribution in [0.4, 0.5) is 5.69 Å². The first-order valence-corrected chi connectivity index (χ1v) is 7.07. The van der Waals surface area contributed by atoms with Gasteiger partial charge in [-0.05, 0) is 23.6 Å². The third-order valence-electron chi connectivity index (χ3n) is 2.27. The Hall–Kier alpha value is -1.33. The van der Waals surface area contributed by atoms with Crippen LogP contribution < -0.4 is 4.31 Å². The Bertz CT molecular complexity index is 547. The first kappa shape index (κ1) is 11.2. The summed E-state index contributed by atoms with van der Waals surface area (Å²) in [5.41, 5.74) is 0.661. The van der Waals surface area contributed by atoms with Gasteiger partial charge in [0.05, 0.1) is 10.6 Å². The second kappa shape index (κ2) is 4.27. The zero-order chi connectivity index (χ0) is 11.6. The summed E-state index contributed by atoms with van der Waals surface area (Å²) >= 11 is 1.37. The van der Waals surface area contributed by atoms with Crippen molar-refractivity contribution in [2.75, 3.05) is 11.4 Å². The highest BCUT2D eigenvalue weighted by Crippen LogP contribution is 2.22. The highest BCUT2D eigenvalue weighted by Gasteiger charge is 2.20. The van der Waals surface area contributed by atoms with E-state index < -0.39 is 10.0 Å². The van der Waals surface area contributed by atoms with Gasteiger partial charge in [0.2, 0.25) is 0 Å². The lowest BCUT2D eigenvalue weighted by atomic mass is 10.3. The summed E-state index contributed by atoms with van der Waals surface area (Å²) in [7, 11) is -1.85. The van der Waals surface area contributed by atoms with Gasteiger partial charge in [0.15, 0.2) is 0 Å². The molecule has 0 spiro atoms. The smallest absolute Gasteiger partial charge is 0.264 e. The Morgan fingerprint density at radius 1 is 1.12 bits per heavy atom. The molecule has 0 bridgehead atoms. The molecule has 0 fully saturated rings. The number of nitrogens with zero attached hydrogens (tertiary/aromatic N) is 1. The summed E-state index contributed by atoms with van der Waals surface area (Å²) < 4.78 is 25.5. The molecule has 0 saturated carbocycles. The van der Waals surface area contributed by atoms with Gasteiger partial charge in [0.25, 0.3) is 10.0 Å². The molecular weight excluding hydrogens is 242 g/mol. The fourth-order valence-electron chi connectivity index (χ4n) is 1.33. The van der Waals surface area contributed by atoms with E-state index in [0.717, 1.165) is 0 Å². The van der Waals surface area contributed by atoms with E-state index in [4.69, 9.17) is 0 Å². The molecule has 0 aliphatic carbocycles. The van der Waals surface area contributed by atoms with Gasteiger partial charge in [-0.15, -0.1) is 0 Å². The van der Waals surface area contributed by atoms with Crippen LogP contribution in [0.3, 0.4) is 0 Å². The maximum atomic E-state index is 12.1. The van der Waals surface area contributed by atoms with Crippen LogP contribution in [0.15, 0.2) is 52.1 Å². The van der Waals surface area contributed by atoms with Crippen molar-refractivity contribution in [2.24, 2.45) is 0 Å². The molecule has 0 amide bonds. The minimum Gasteiger partial charge on any atom is -0.269 e. The van der Waals surface area contributed by atoms with Crippen LogP contribution in [-0.2, 0) is 10.0 Å². The van der Waals surface area contributed by atoms with Crippen LogP contribution in [0.25, 0.3) is 0 Å². The van der Waals surface area contributed by atoms with Crippen molar-refractivity contribution in [3.05, 3.63) is 47.2 Å². The molecule has 0 aliphatic rings. The predicted molar refractivity (Wildman–Crippen MR) is 66.3 cm³/mol. The van der Waals surface area contributed by atoms with Gasteiger partial charge in [-0.2, -0.15) is 11.3 Å². The van der Waals surface area contributed by atoms with Crippen LogP contribution in [0, 0.1) is 0 Å². The maximum absolute atomic E-state index is 12.1. The molecular formula is C11H11NO2S2. The van der Waals surface area contributed by atoms with Crippen molar-refractivity contribution in [3.8, 4) is 0 Å². The standard InChI is InChI=1S/C11H11NO2S2/c1-12(10-5-3-2-4-6-10)16(13,14)11-7-8-15-9-11/h2-9H,1H3. The third-order valence-corrected chi connectivity index (χ3v) is 4.89. The molecule has 0 N–H and O–H groups in total. The Morgan fingerprint density at radius 3 is 2.38 bits per heavy atom. The molecule has 1 aromatic heterocycles. The van der Waals surface area contributed by atoms with Gasteiger partial charge in [-0.25, -0.2) is 8.42 Å². The predicted octanol–water partition coefficient (Wildman–Crippen LogP) is 2.57. The highest BCUT2D eigenvalue weighted by atomic mass is 32.2. The Kier molecular flexibility index (Phi) is 2.98. The molecule has 0 unspecified atom stereocenters. The second-order valence-electron chi connectivity index (χ2n) is 3.27. The van der Waals surface area contributed by atoms with Crippen LogP contribution in [0.1, 0.15) is 0 Å². The molecule has 0 atom stereocenters. The average molecular weight is 253 g/mol. The Morgan fingerprint density at radius 2 is 1.81 bits per heavy atom. The lowest BCUT2D eigenvalue weighted by Gasteiger charge is -2.18. The van der Waals surface area contributed by atoms with Crippen LogP contribution in [-0.4, -0.2) is 15.5 Å². The first-order chi connectivity index (χ1) is 7.62. The van der Waals surface area contributed by atoms with Gasteiger partial charge in [0.1, 0.15) is 0 Å². The summed E-state index contributed by atoms with van der Waals surface area (Å²) in [6.07, 6.45) is 0. The number of anilines is 1. The second-order valence-corrected chi connectivity index (χ2v) is 6.02. The number of para-hydroxylation sites is 1. The van der Waals surface area contributed by atoms with E-state index in [0.29, 0.717) is 10.6 Å². The molecule has 2 rings (SSSR count). The van der Waals surface area contributed by atoms with Crippen molar-refractivity contribution in [1.29, 1.82) is 0 Å². The summed E-state index contributed by atoms with van der Waals surface area (Å²) in [6.45, 7) is 0. The number of hydrogen-bond acceptors (Lipinski definition) is 3. The molecule has 1 heterocycles. The first-order valence-electron chi connectivity index (χ1n) is 4.68. The van der Waals surface area contributed by atoms with Gasteiger partial charge < -0.3 is 0 Å². The molecule has 16 heavy (non-hydrogen) atoms. The van der Waals surface area contributed by atoms with Crippen molar-refractivity contribution >= 4 is 27.0 Å². The van der Waals surface area contributed by atoms with E-state index >= 15 is 0 Å². The number of benzene rings is 1. The minimum atomic E-state index is -3.40. The lowest BCUT2D eigenvalue weighted by Crippen LogP contribution is -2.25. The summed E-state index contributed by atoms with van der Waals surface area (Å²) in [5.74, 6) is 0. The Balaban J connectivity index is 2.40. The zero-order valence-corrected chi connectivity index (χ0v) is 10.3. The van der Waals surface area contributed by atoms with Gasteiger partial charge in [-0.3, -0.25) is 4.31 Å². The average Bonchev–Trinajstić information content (AvgIpc) is 2.83. The van der Waals surface area contributed by atoms with E-state index in [9.17, 15) is 8.42 Å². The van der Waals surface area contributed by atoms with Gasteiger partial charge in [0, 0.05) is 12.4 Å². The van der Waals surface area contributed by atoms with Crippen LogP contribution in [0.5, 0.6) is 0 Å². The van der Waals surface area contributed by atoms with Crippen molar-refractivity contribution in [1.82, 2.24) is 0 Å². The van der Waals surface area contributed by atoms with Crippen molar-refractivity contribution in [2.45, 2.75) is 4.90 Å². The summed E-state index contributed by atoms with van der Waals surface area (Å²) in [5, 5.41) is 3.39. The number of rotatable bonds is 3. The minimum absolute atomic E-state index is 0.337. The van der Waals surface area contributed by atoms with E-state index in [-0.39, 0.29) is 0 Å². The topological polar surface area (TPSA) is 37.4 Å². The largest absolute Gasteiger partial charge is 0.269 e. The molecule has 0 radical (unpaired) electrons. The monoisotopic (exact) mass is 253 g/mol. The van der Waals surface area contributed by atoms with Crippen molar-refractivity contribution < 1.29 is 8.42 Å². The highest BCUT2D eigenvalue weighted by molar-refractivity contribution is 7.93. The maximum Gasteiger partial charge on any atom is 0.264 e. The SMILES string of the molecule is CN(c1ccccc1)S(=O)(=O)c1ccsc1. The van der Waals surface area contributed by atoms with E-state index in [1.807, 2.05) is 18.2 Å². The molecule has 84 valence electrons. The van der Waals surface area contributed by atoms with Gasteiger partial charge in [-0.1, -0.05) is 18.2 Å². The number of sulfonamides is 1. The van der Waals surface area contributed by atoms with Crippen LogP contribution >= 0.6 is 11.3 Å². The number of hydrogen-bond donors (Lipinski definition) is 0. The zero-order valence-electron chi connectivity index (χ0n) is 8.70. The van der Waals surface area contributed by atoms with E-state index in [1.54, 1.807) is 36.0 Å². The molecule has 0 saturated heterocycles.